The van der Waals surface area contributed by atoms with Gasteiger partial charge < -0.3 is 14.6 Å². The average molecular weight is 542 g/mol. The highest BCUT2D eigenvalue weighted by atomic mass is 32.1. The molecular formula is C26H27N3O6S2. The van der Waals surface area contributed by atoms with Crippen LogP contribution in [0.2, 0.25) is 0 Å². The number of benzene rings is 1. The Morgan fingerprint density at radius 2 is 1.81 bits per heavy atom. The maximum Gasteiger partial charge on any atom is 0.350 e. The molecule has 3 aromatic rings. The van der Waals surface area contributed by atoms with Crippen LogP contribution in [0.4, 0.5) is 5.13 Å². The van der Waals surface area contributed by atoms with E-state index >= 15 is 0 Å². The second-order valence-corrected chi connectivity index (χ2v) is 10.5. The molecule has 1 atom stereocenters. The zero-order valence-electron chi connectivity index (χ0n) is 21.2. The number of carbonyl (C=O) groups is 3. The number of ketones is 1. The normalized spacial score (nSPS) is 15.4. The smallest absolute Gasteiger partial charge is 0.350 e. The van der Waals surface area contributed by atoms with Gasteiger partial charge in [0.15, 0.2) is 10.9 Å². The lowest BCUT2D eigenvalue weighted by molar-refractivity contribution is -0.117. The molecule has 9 nitrogen and oxygen atoms in total. The summed E-state index contributed by atoms with van der Waals surface area (Å²) in [7, 11) is 0. The summed E-state index contributed by atoms with van der Waals surface area (Å²) in [5.74, 6) is -1.91. The van der Waals surface area contributed by atoms with E-state index in [2.05, 4.69) is 9.97 Å². The molecule has 194 valence electrons. The third-order valence-electron chi connectivity index (χ3n) is 5.66. The van der Waals surface area contributed by atoms with Crippen LogP contribution in [0.1, 0.15) is 67.6 Å². The number of aliphatic hydroxyl groups is 1. The number of hydrogen-bond donors (Lipinski definition) is 1. The van der Waals surface area contributed by atoms with Crippen molar-refractivity contribution in [3.05, 3.63) is 67.3 Å². The number of aryl methyl sites for hydroxylation is 3. The molecule has 37 heavy (non-hydrogen) atoms. The molecule has 0 spiro atoms. The highest BCUT2D eigenvalue weighted by molar-refractivity contribution is 7.17. The molecule has 2 aromatic heterocycles. The minimum absolute atomic E-state index is 0.0741. The third kappa shape index (κ3) is 5.01. The predicted octanol–water partition coefficient (Wildman–Crippen LogP) is 5.27. The Morgan fingerprint density at radius 1 is 1.08 bits per heavy atom. The summed E-state index contributed by atoms with van der Waals surface area (Å²) in [5, 5.41) is 11.9. The molecule has 4 rings (SSSR count). The van der Waals surface area contributed by atoms with Gasteiger partial charge in [0, 0.05) is 0 Å². The molecule has 0 saturated heterocycles. The van der Waals surface area contributed by atoms with Gasteiger partial charge in [-0.15, -0.1) is 11.3 Å². The lowest BCUT2D eigenvalue weighted by Gasteiger charge is -2.24. The van der Waals surface area contributed by atoms with Gasteiger partial charge in [0.25, 0.3) is 5.91 Å². The molecule has 3 heterocycles. The molecule has 1 aliphatic rings. The van der Waals surface area contributed by atoms with E-state index in [1.54, 1.807) is 52.0 Å². The van der Waals surface area contributed by atoms with Gasteiger partial charge in [-0.25, -0.2) is 14.8 Å². The van der Waals surface area contributed by atoms with E-state index in [-0.39, 0.29) is 22.2 Å². The Kier molecular flexibility index (Phi) is 7.74. The zero-order chi connectivity index (χ0) is 26.9. The van der Waals surface area contributed by atoms with E-state index < -0.39 is 29.5 Å². The molecule has 0 bridgehead atoms. The zero-order valence-corrected chi connectivity index (χ0v) is 22.8. The number of carbonyl (C=O) groups excluding carboxylic acids is 3. The maximum absolute atomic E-state index is 13.8. The Bertz CT molecular complexity index is 1410. The predicted molar refractivity (Wildman–Crippen MR) is 141 cm³/mol. The van der Waals surface area contributed by atoms with Crippen LogP contribution in [0.15, 0.2) is 35.6 Å². The first-order valence-corrected chi connectivity index (χ1v) is 13.4. The van der Waals surface area contributed by atoms with Gasteiger partial charge in [-0.3, -0.25) is 14.5 Å². The average Bonchev–Trinajstić information content (AvgIpc) is 3.50. The number of nitrogens with zero attached hydrogens (tertiary/aromatic N) is 3. The molecule has 11 heteroatoms. The number of esters is 1. The monoisotopic (exact) mass is 541 g/mol. The number of aliphatic hydroxyl groups excluding tert-OH is 1. The maximum atomic E-state index is 13.8. The molecular weight excluding hydrogens is 514 g/mol. The van der Waals surface area contributed by atoms with Crippen molar-refractivity contribution in [2.24, 2.45) is 0 Å². The van der Waals surface area contributed by atoms with Crippen molar-refractivity contribution in [3.63, 3.8) is 0 Å². The highest BCUT2D eigenvalue weighted by Gasteiger charge is 2.47. The molecule has 1 aliphatic heterocycles. The first kappa shape index (κ1) is 26.5. The van der Waals surface area contributed by atoms with Crippen molar-refractivity contribution in [2.75, 3.05) is 18.1 Å². The van der Waals surface area contributed by atoms with Crippen LogP contribution in [-0.2, 0) is 9.53 Å². The quantitative estimate of drug-likeness (QED) is 0.287. The Hall–Kier alpha value is -3.57. The minimum Gasteiger partial charge on any atom is -0.503 e. The lowest BCUT2D eigenvalue weighted by atomic mass is 9.95. The van der Waals surface area contributed by atoms with Crippen molar-refractivity contribution < 1.29 is 29.0 Å². The number of ether oxygens (including phenoxy) is 2. The molecule has 0 fully saturated rings. The number of amides is 1. The van der Waals surface area contributed by atoms with Crippen LogP contribution >= 0.6 is 22.7 Å². The Labute approximate surface area is 222 Å². The molecule has 1 N–H and O–H groups in total. The number of Topliss-reactive ketones (excluding diaryl/α,β-unsaturated/α-hetero) is 1. The van der Waals surface area contributed by atoms with Gasteiger partial charge in [0.1, 0.15) is 10.6 Å². The van der Waals surface area contributed by atoms with Gasteiger partial charge in [0.05, 0.1) is 46.1 Å². The Morgan fingerprint density at radius 3 is 2.46 bits per heavy atom. The van der Waals surface area contributed by atoms with E-state index in [1.807, 2.05) is 6.92 Å². The lowest BCUT2D eigenvalue weighted by Crippen LogP contribution is -2.31. The molecule has 0 aliphatic carbocycles. The second-order valence-electron chi connectivity index (χ2n) is 8.37. The van der Waals surface area contributed by atoms with E-state index in [1.165, 1.54) is 16.2 Å². The summed E-state index contributed by atoms with van der Waals surface area (Å²) in [6.07, 6.45) is 0.807. The minimum atomic E-state index is -0.993. The fraction of sp³-hybridized carbons (Fsp3) is 0.346. The fourth-order valence-corrected chi connectivity index (χ4v) is 5.94. The van der Waals surface area contributed by atoms with E-state index in [9.17, 15) is 19.5 Å². The second kappa shape index (κ2) is 10.8. The van der Waals surface area contributed by atoms with E-state index in [0.717, 1.165) is 17.8 Å². The van der Waals surface area contributed by atoms with Crippen LogP contribution in [-0.4, -0.2) is 45.9 Å². The third-order valence-corrected chi connectivity index (χ3v) is 7.87. The van der Waals surface area contributed by atoms with Crippen LogP contribution < -0.4 is 9.64 Å². The molecule has 0 saturated carbocycles. The molecule has 1 unspecified atom stereocenters. The van der Waals surface area contributed by atoms with Gasteiger partial charge in [0.2, 0.25) is 5.78 Å². The number of aromatic nitrogens is 2. The highest BCUT2D eigenvalue weighted by Crippen LogP contribution is 2.45. The fourth-order valence-electron chi connectivity index (χ4n) is 4.08. The summed E-state index contributed by atoms with van der Waals surface area (Å²) in [5.41, 5.74) is 1.39. The van der Waals surface area contributed by atoms with Crippen LogP contribution in [0.5, 0.6) is 5.75 Å². The summed E-state index contributed by atoms with van der Waals surface area (Å²) in [6, 6.07) is 6.05. The van der Waals surface area contributed by atoms with Gasteiger partial charge in [-0.05, 0) is 51.8 Å². The van der Waals surface area contributed by atoms with E-state index in [0.29, 0.717) is 39.2 Å². The first-order valence-electron chi connectivity index (χ1n) is 11.8. The number of anilines is 1. The van der Waals surface area contributed by atoms with Crippen molar-refractivity contribution in [2.45, 2.75) is 47.1 Å². The number of rotatable bonds is 9. The molecule has 1 aromatic carbocycles. The summed E-state index contributed by atoms with van der Waals surface area (Å²) in [4.78, 5) is 50.3. The first-order chi connectivity index (χ1) is 17.7. The van der Waals surface area contributed by atoms with Crippen LogP contribution in [0, 0.1) is 20.8 Å². The number of hydrogen-bond acceptors (Lipinski definition) is 10. The van der Waals surface area contributed by atoms with Crippen molar-refractivity contribution in [1.82, 2.24) is 9.97 Å². The van der Waals surface area contributed by atoms with Gasteiger partial charge >= 0.3 is 5.97 Å². The van der Waals surface area contributed by atoms with Crippen LogP contribution in [0.3, 0.4) is 0 Å². The Balaban J connectivity index is 1.86. The van der Waals surface area contributed by atoms with E-state index in [4.69, 9.17) is 9.47 Å². The molecule has 1 amide bonds. The summed E-state index contributed by atoms with van der Waals surface area (Å²) < 4.78 is 10.9. The van der Waals surface area contributed by atoms with Gasteiger partial charge in [-0.1, -0.05) is 30.4 Å². The van der Waals surface area contributed by atoms with Crippen molar-refractivity contribution in [1.29, 1.82) is 0 Å². The van der Waals surface area contributed by atoms with Gasteiger partial charge in [-0.2, -0.15) is 0 Å². The standard InChI is InChI=1S/C26H27N3O6S2/c1-6-11-35-17-10-8-9-16(12-17)19-18(20(30)22-13(3)27-15(5)36-22)21(31)24(32)29(19)26-28-14(4)23(37-26)25(33)34-7-2/h8-10,12,19,31H,6-7,11H2,1-5H3. The largest absolute Gasteiger partial charge is 0.503 e. The van der Waals surface area contributed by atoms with Crippen molar-refractivity contribution >= 4 is 45.5 Å². The SMILES string of the molecule is CCCOc1cccc(C2C(C(=O)c3sc(C)nc3C)=C(O)C(=O)N2c2nc(C)c(C(=O)OCC)s2)c1. The van der Waals surface area contributed by atoms with Crippen molar-refractivity contribution in [3.8, 4) is 5.75 Å². The van der Waals surface area contributed by atoms with Crippen LogP contribution in [0.25, 0.3) is 0 Å². The number of thiazole rings is 2. The summed E-state index contributed by atoms with van der Waals surface area (Å²) in [6.45, 7) is 9.52. The topological polar surface area (TPSA) is 119 Å². The summed E-state index contributed by atoms with van der Waals surface area (Å²) >= 11 is 2.18. The molecule has 0 radical (unpaired) electrons.